The van der Waals surface area contributed by atoms with Crippen molar-refractivity contribution < 1.29 is 14.1 Å². The van der Waals surface area contributed by atoms with Crippen molar-refractivity contribution in [2.75, 3.05) is 31.1 Å². The predicted octanol–water partition coefficient (Wildman–Crippen LogP) is 4.26. The molecule has 158 valence electrons. The van der Waals surface area contributed by atoms with E-state index in [1.165, 1.54) is 35.6 Å². The summed E-state index contributed by atoms with van der Waals surface area (Å²) in [6, 6.07) is 10.3. The van der Waals surface area contributed by atoms with E-state index in [9.17, 15) is 19.3 Å². The van der Waals surface area contributed by atoms with E-state index in [2.05, 4.69) is 23.7 Å². The fraction of sp³-hybridized carbons (Fsp3) is 0.333. The van der Waals surface area contributed by atoms with E-state index in [-0.39, 0.29) is 23.8 Å². The summed E-state index contributed by atoms with van der Waals surface area (Å²) in [6.07, 6.45) is 0.0977. The van der Waals surface area contributed by atoms with Gasteiger partial charge in [-0.25, -0.2) is 9.37 Å². The number of carbonyl (C=O) groups excluding carboxylic acids is 1. The molecule has 0 radical (unpaired) electrons. The lowest BCUT2D eigenvalue weighted by Crippen LogP contribution is -2.39. The SMILES string of the molecule is CCN(CC)CCN(C(=O)Cc1ccc([N+](=O)[O-])cc1)c1nc2ccc(F)cc2s1. The van der Waals surface area contributed by atoms with Crippen LogP contribution in [0.1, 0.15) is 19.4 Å². The minimum Gasteiger partial charge on any atom is -0.302 e. The second-order valence-electron chi connectivity index (χ2n) is 6.78. The Balaban J connectivity index is 1.85. The van der Waals surface area contributed by atoms with Crippen LogP contribution in [0.2, 0.25) is 0 Å². The van der Waals surface area contributed by atoms with Crippen LogP contribution in [0, 0.1) is 15.9 Å². The Kier molecular flexibility index (Phi) is 7.07. The van der Waals surface area contributed by atoms with Gasteiger partial charge in [-0.2, -0.15) is 0 Å². The maximum atomic E-state index is 13.6. The monoisotopic (exact) mass is 430 g/mol. The van der Waals surface area contributed by atoms with Crippen LogP contribution in [0.4, 0.5) is 15.2 Å². The van der Waals surface area contributed by atoms with Gasteiger partial charge in [0.1, 0.15) is 5.82 Å². The Morgan fingerprint density at radius 1 is 1.13 bits per heavy atom. The summed E-state index contributed by atoms with van der Waals surface area (Å²) >= 11 is 1.28. The number of rotatable bonds is 9. The third kappa shape index (κ3) is 5.17. The molecule has 0 unspecified atom stereocenters. The van der Waals surface area contributed by atoms with E-state index in [4.69, 9.17) is 0 Å². The van der Waals surface area contributed by atoms with Gasteiger partial charge in [-0.15, -0.1) is 0 Å². The van der Waals surface area contributed by atoms with Crippen molar-refractivity contribution in [1.82, 2.24) is 9.88 Å². The first-order valence-corrected chi connectivity index (χ1v) is 10.5. The minimum atomic E-state index is -0.470. The molecule has 1 amide bonds. The van der Waals surface area contributed by atoms with Crippen molar-refractivity contribution in [3.63, 3.8) is 0 Å². The fourth-order valence-electron chi connectivity index (χ4n) is 3.12. The van der Waals surface area contributed by atoms with Gasteiger partial charge < -0.3 is 4.90 Å². The zero-order chi connectivity index (χ0) is 21.7. The largest absolute Gasteiger partial charge is 0.302 e. The molecule has 0 fully saturated rings. The highest BCUT2D eigenvalue weighted by Gasteiger charge is 2.21. The zero-order valence-electron chi connectivity index (χ0n) is 16.9. The summed E-state index contributed by atoms with van der Waals surface area (Å²) in [4.78, 5) is 31.9. The van der Waals surface area contributed by atoms with Crippen molar-refractivity contribution in [2.45, 2.75) is 20.3 Å². The van der Waals surface area contributed by atoms with Gasteiger partial charge in [0.2, 0.25) is 5.91 Å². The van der Waals surface area contributed by atoms with Crippen LogP contribution in [0.5, 0.6) is 0 Å². The average Bonchev–Trinajstić information content (AvgIpc) is 3.14. The molecule has 0 saturated carbocycles. The van der Waals surface area contributed by atoms with E-state index in [1.807, 2.05) is 0 Å². The van der Waals surface area contributed by atoms with Crippen LogP contribution in [0.3, 0.4) is 0 Å². The third-order valence-electron chi connectivity index (χ3n) is 4.91. The van der Waals surface area contributed by atoms with Crippen LogP contribution in [0.25, 0.3) is 10.2 Å². The molecule has 0 aliphatic heterocycles. The third-order valence-corrected chi connectivity index (χ3v) is 5.95. The Bertz CT molecular complexity index is 1030. The smallest absolute Gasteiger partial charge is 0.269 e. The summed E-state index contributed by atoms with van der Waals surface area (Å²) in [6.45, 7) is 7.00. The number of hydrogen-bond donors (Lipinski definition) is 0. The number of thiazole rings is 1. The van der Waals surface area contributed by atoms with Gasteiger partial charge in [0, 0.05) is 25.2 Å². The number of likely N-dealkylation sites (N-methyl/N-ethyl adjacent to an activating group) is 1. The molecule has 0 bridgehead atoms. The quantitative estimate of drug-likeness (QED) is 0.374. The molecule has 0 N–H and O–H groups in total. The van der Waals surface area contributed by atoms with Crippen molar-refractivity contribution in [3.8, 4) is 0 Å². The van der Waals surface area contributed by atoms with E-state index in [0.717, 1.165) is 13.1 Å². The lowest BCUT2D eigenvalue weighted by atomic mass is 10.1. The Hall–Kier alpha value is -2.91. The molecular weight excluding hydrogens is 407 g/mol. The number of carbonyl (C=O) groups is 1. The Morgan fingerprint density at radius 3 is 2.47 bits per heavy atom. The highest BCUT2D eigenvalue weighted by molar-refractivity contribution is 7.22. The molecule has 0 aliphatic rings. The lowest BCUT2D eigenvalue weighted by molar-refractivity contribution is -0.384. The summed E-state index contributed by atoms with van der Waals surface area (Å²) in [5.41, 5.74) is 1.32. The molecule has 0 spiro atoms. The first-order chi connectivity index (χ1) is 14.4. The van der Waals surface area contributed by atoms with Gasteiger partial charge in [0.05, 0.1) is 21.6 Å². The lowest BCUT2D eigenvalue weighted by Gasteiger charge is -2.24. The highest BCUT2D eigenvalue weighted by atomic mass is 32.1. The van der Waals surface area contributed by atoms with Crippen molar-refractivity contribution in [3.05, 3.63) is 64.0 Å². The van der Waals surface area contributed by atoms with E-state index in [0.29, 0.717) is 34.0 Å². The van der Waals surface area contributed by atoms with Crippen LogP contribution >= 0.6 is 11.3 Å². The molecule has 0 saturated heterocycles. The van der Waals surface area contributed by atoms with Crippen LogP contribution < -0.4 is 4.90 Å². The molecule has 7 nitrogen and oxygen atoms in total. The van der Waals surface area contributed by atoms with Crippen LogP contribution in [-0.4, -0.2) is 46.9 Å². The van der Waals surface area contributed by atoms with Crippen molar-refractivity contribution in [2.24, 2.45) is 0 Å². The number of benzene rings is 2. The number of anilines is 1. The first-order valence-electron chi connectivity index (χ1n) is 9.73. The normalized spacial score (nSPS) is 11.2. The maximum Gasteiger partial charge on any atom is 0.269 e. The van der Waals surface area contributed by atoms with E-state index < -0.39 is 4.92 Å². The van der Waals surface area contributed by atoms with E-state index >= 15 is 0 Å². The van der Waals surface area contributed by atoms with Crippen LogP contribution in [-0.2, 0) is 11.2 Å². The van der Waals surface area contributed by atoms with Crippen molar-refractivity contribution >= 4 is 38.3 Å². The number of aromatic nitrogens is 1. The maximum absolute atomic E-state index is 13.6. The molecule has 3 aromatic rings. The molecule has 9 heteroatoms. The van der Waals surface area contributed by atoms with Gasteiger partial charge in [-0.1, -0.05) is 37.3 Å². The summed E-state index contributed by atoms with van der Waals surface area (Å²) in [5.74, 6) is -0.500. The first kappa shape index (κ1) is 21.8. The second-order valence-corrected chi connectivity index (χ2v) is 7.79. The number of fused-ring (bicyclic) bond motifs is 1. The minimum absolute atomic E-state index is 0.0159. The summed E-state index contributed by atoms with van der Waals surface area (Å²) < 4.78 is 14.3. The predicted molar refractivity (Wildman–Crippen MR) is 117 cm³/mol. The molecule has 1 aromatic heterocycles. The Morgan fingerprint density at radius 2 is 1.83 bits per heavy atom. The highest BCUT2D eigenvalue weighted by Crippen LogP contribution is 2.30. The van der Waals surface area contributed by atoms with Gasteiger partial charge in [-0.3, -0.25) is 19.8 Å². The number of nitro benzene ring substituents is 1. The van der Waals surface area contributed by atoms with Crippen LogP contribution in [0.15, 0.2) is 42.5 Å². The zero-order valence-corrected chi connectivity index (χ0v) is 17.7. The molecule has 30 heavy (non-hydrogen) atoms. The topological polar surface area (TPSA) is 79.6 Å². The molecule has 2 aromatic carbocycles. The fourth-order valence-corrected chi connectivity index (χ4v) is 4.15. The number of amides is 1. The average molecular weight is 431 g/mol. The number of halogens is 1. The number of nitrogens with zero attached hydrogens (tertiary/aromatic N) is 4. The molecule has 1 heterocycles. The molecule has 3 rings (SSSR count). The van der Waals surface area contributed by atoms with E-state index in [1.54, 1.807) is 23.1 Å². The number of nitro groups is 1. The van der Waals surface area contributed by atoms with Gasteiger partial charge >= 0.3 is 0 Å². The molecule has 0 aliphatic carbocycles. The number of non-ortho nitro benzene ring substituents is 1. The molecular formula is C21H23FN4O3S. The van der Waals surface area contributed by atoms with Crippen molar-refractivity contribution in [1.29, 1.82) is 0 Å². The summed E-state index contributed by atoms with van der Waals surface area (Å²) in [5, 5.41) is 11.4. The second kappa shape index (κ2) is 9.73. The standard InChI is InChI=1S/C21H23FN4O3S/c1-3-24(4-2)11-12-25(21-23-18-10-7-16(22)14-19(18)30-21)20(27)13-15-5-8-17(9-6-15)26(28)29/h5-10,14H,3-4,11-13H2,1-2H3. The summed E-state index contributed by atoms with van der Waals surface area (Å²) in [7, 11) is 0. The number of hydrogen-bond acceptors (Lipinski definition) is 6. The molecule has 0 atom stereocenters. The van der Waals surface area contributed by atoms with Gasteiger partial charge in [0.25, 0.3) is 5.69 Å². The Labute approximate surface area is 177 Å². The van der Waals surface area contributed by atoms with Gasteiger partial charge in [-0.05, 0) is 36.9 Å². The van der Waals surface area contributed by atoms with Gasteiger partial charge in [0.15, 0.2) is 5.13 Å².